The Morgan fingerprint density at radius 1 is 1.22 bits per heavy atom. The molecule has 0 spiro atoms. The lowest BCUT2D eigenvalue weighted by molar-refractivity contribution is 0.181. The van der Waals surface area contributed by atoms with E-state index in [0.29, 0.717) is 16.5 Å². The highest BCUT2D eigenvalue weighted by molar-refractivity contribution is 7.10. The lowest BCUT2D eigenvalue weighted by Gasteiger charge is -2.12. The van der Waals surface area contributed by atoms with Crippen LogP contribution in [-0.2, 0) is 12.8 Å². The molecule has 0 radical (unpaired) electrons. The highest BCUT2D eigenvalue weighted by atomic mass is 35.5. The van der Waals surface area contributed by atoms with Crippen molar-refractivity contribution >= 4 is 34.5 Å². The minimum Gasteiger partial charge on any atom is -0.387 e. The highest BCUT2D eigenvalue weighted by Gasteiger charge is 2.16. The minimum atomic E-state index is -0.518. The van der Waals surface area contributed by atoms with Crippen molar-refractivity contribution in [3.05, 3.63) is 55.7 Å². The van der Waals surface area contributed by atoms with Crippen molar-refractivity contribution in [1.29, 1.82) is 0 Å². The monoisotopic (exact) mass is 300 g/mol. The molecule has 0 amide bonds. The molecule has 0 saturated heterocycles. The van der Waals surface area contributed by atoms with Crippen LogP contribution >= 0.6 is 34.5 Å². The first-order chi connectivity index (χ1) is 8.63. The van der Waals surface area contributed by atoms with Gasteiger partial charge in [0, 0.05) is 11.3 Å². The lowest BCUT2D eigenvalue weighted by Crippen LogP contribution is -2.02. The Balaban J connectivity index is 2.21. The van der Waals surface area contributed by atoms with Crippen molar-refractivity contribution in [3.63, 3.8) is 0 Å². The van der Waals surface area contributed by atoms with E-state index in [1.54, 1.807) is 17.4 Å². The number of aryl methyl sites for hydroxylation is 1. The fraction of sp³-hybridized carbons (Fsp3) is 0.286. The Kier molecular flexibility index (Phi) is 4.68. The number of halogens is 2. The van der Waals surface area contributed by atoms with E-state index < -0.39 is 6.10 Å². The van der Waals surface area contributed by atoms with E-state index in [9.17, 15) is 5.11 Å². The second kappa shape index (κ2) is 6.07. The Morgan fingerprint density at radius 3 is 2.72 bits per heavy atom. The SMILES string of the molecule is CCc1ccsc1C(O)Cc1cccc(Cl)c1Cl. The Bertz CT molecular complexity index is 536. The van der Waals surface area contributed by atoms with Crippen molar-refractivity contribution in [3.8, 4) is 0 Å². The molecule has 1 heterocycles. The first kappa shape index (κ1) is 13.9. The molecule has 4 heteroatoms. The summed E-state index contributed by atoms with van der Waals surface area (Å²) in [5.74, 6) is 0. The summed E-state index contributed by atoms with van der Waals surface area (Å²) in [4.78, 5) is 1.02. The summed E-state index contributed by atoms with van der Waals surface area (Å²) >= 11 is 13.7. The van der Waals surface area contributed by atoms with Gasteiger partial charge in [0.25, 0.3) is 0 Å². The van der Waals surface area contributed by atoms with Crippen LogP contribution in [0.15, 0.2) is 29.6 Å². The first-order valence-electron chi connectivity index (χ1n) is 5.80. The van der Waals surface area contributed by atoms with E-state index in [0.717, 1.165) is 16.9 Å². The molecule has 0 aliphatic rings. The Hall–Kier alpha value is -0.540. The number of aliphatic hydroxyl groups is 1. The molecule has 2 aromatic rings. The Morgan fingerprint density at radius 2 is 2.00 bits per heavy atom. The summed E-state index contributed by atoms with van der Waals surface area (Å²) in [6.07, 6.45) is 0.905. The van der Waals surface area contributed by atoms with E-state index in [4.69, 9.17) is 23.2 Å². The predicted molar refractivity (Wildman–Crippen MR) is 78.8 cm³/mol. The van der Waals surface area contributed by atoms with E-state index in [1.807, 2.05) is 17.5 Å². The zero-order valence-electron chi connectivity index (χ0n) is 9.99. The zero-order valence-corrected chi connectivity index (χ0v) is 12.3. The average Bonchev–Trinajstić information content (AvgIpc) is 2.83. The molecule has 2 rings (SSSR count). The van der Waals surface area contributed by atoms with E-state index >= 15 is 0 Å². The molecule has 1 unspecified atom stereocenters. The largest absolute Gasteiger partial charge is 0.387 e. The van der Waals surface area contributed by atoms with Gasteiger partial charge in [0.2, 0.25) is 0 Å². The minimum absolute atomic E-state index is 0.493. The number of benzene rings is 1. The molecule has 1 aromatic heterocycles. The van der Waals surface area contributed by atoms with Crippen LogP contribution in [0, 0.1) is 0 Å². The van der Waals surface area contributed by atoms with Gasteiger partial charge in [-0.2, -0.15) is 0 Å². The third kappa shape index (κ3) is 2.89. The van der Waals surface area contributed by atoms with Crippen LogP contribution in [0.5, 0.6) is 0 Å². The number of aliphatic hydroxyl groups excluding tert-OH is 1. The highest BCUT2D eigenvalue weighted by Crippen LogP contribution is 2.32. The standard InChI is InChI=1S/C14H14Cl2OS/c1-2-9-6-7-18-14(9)12(17)8-10-4-3-5-11(15)13(10)16/h3-7,12,17H,2,8H2,1H3. The van der Waals surface area contributed by atoms with Crippen molar-refractivity contribution in [2.75, 3.05) is 0 Å². The maximum absolute atomic E-state index is 10.3. The molecular formula is C14H14Cl2OS. The number of thiophene rings is 1. The molecule has 1 N–H and O–H groups in total. The summed E-state index contributed by atoms with van der Waals surface area (Å²) < 4.78 is 0. The second-order valence-corrected chi connectivity index (χ2v) is 5.83. The molecule has 0 aliphatic carbocycles. The normalized spacial score (nSPS) is 12.7. The van der Waals surface area contributed by atoms with Gasteiger partial charge in [-0.25, -0.2) is 0 Å². The van der Waals surface area contributed by atoms with Crippen LogP contribution in [0.1, 0.15) is 29.0 Å². The number of hydrogen-bond acceptors (Lipinski definition) is 2. The molecule has 18 heavy (non-hydrogen) atoms. The average molecular weight is 301 g/mol. The van der Waals surface area contributed by atoms with Gasteiger partial charge in [-0.1, -0.05) is 42.3 Å². The third-order valence-electron chi connectivity index (χ3n) is 2.91. The quantitative estimate of drug-likeness (QED) is 0.852. The van der Waals surface area contributed by atoms with Crippen LogP contribution in [0.3, 0.4) is 0 Å². The zero-order chi connectivity index (χ0) is 13.1. The van der Waals surface area contributed by atoms with E-state index in [2.05, 4.69) is 13.0 Å². The topological polar surface area (TPSA) is 20.2 Å². The van der Waals surface area contributed by atoms with Gasteiger partial charge < -0.3 is 5.11 Å². The van der Waals surface area contributed by atoms with Crippen molar-refractivity contribution < 1.29 is 5.11 Å². The maximum atomic E-state index is 10.3. The summed E-state index contributed by atoms with van der Waals surface area (Å²) in [5, 5.41) is 13.4. The van der Waals surface area contributed by atoms with Crippen LogP contribution in [0.2, 0.25) is 10.0 Å². The lowest BCUT2D eigenvalue weighted by atomic mass is 10.0. The molecular weight excluding hydrogens is 287 g/mol. The molecule has 0 fully saturated rings. The molecule has 0 aliphatic heterocycles. The van der Waals surface area contributed by atoms with E-state index in [1.165, 1.54) is 5.56 Å². The van der Waals surface area contributed by atoms with Gasteiger partial charge in [-0.15, -0.1) is 11.3 Å². The van der Waals surface area contributed by atoms with Gasteiger partial charge >= 0.3 is 0 Å². The summed E-state index contributed by atoms with van der Waals surface area (Å²) in [6.45, 7) is 2.09. The molecule has 1 atom stereocenters. The van der Waals surface area contributed by atoms with Crippen molar-refractivity contribution in [1.82, 2.24) is 0 Å². The van der Waals surface area contributed by atoms with Crippen molar-refractivity contribution in [2.45, 2.75) is 25.9 Å². The second-order valence-electron chi connectivity index (χ2n) is 4.10. The Labute approximate surface area is 121 Å². The fourth-order valence-corrected chi connectivity index (χ4v) is 3.32. The fourth-order valence-electron chi connectivity index (χ4n) is 1.94. The smallest absolute Gasteiger partial charge is 0.0925 e. The van der Waals surface area contributed by atoms with Gasteiger partial charge in [-0.05, 0) is 35.1 Å². The van der Waals surface area contributed by atoms with E-state index in [-0.39, 0.29) is 0 Å². The summed E-state index contributed by atoms with van der Waals surface area (Å²) in [6, 6.07) is 7.56. The van der Waals surface area contributed by atoms with Crippen LogP contribution < -0.4 is 0 Å². The van der Waals surface area contributed by atoms with Crippen LogP contribution in [-0.4, -0.2) is 5.11 Å². The van der Waals surface area contributed by atoms with Gasteiger partial charge in [-0.3, -0.25) is 0 Å². The van der Waals surface area contributed by atoms with Gasteiger partial charge in [0.15, 0.2) is 0 Å². The summed E-state index contributed by atoms with van der Waals surface area (Å²) in [7, 11) is 0. The van der Waals surface area contributed by atoms with Gasteiger partial charge in [0.05, 0.1) is 16.1 Å². The molecule has 1 aromatic carbocycles. The molecule has 96 valence electrons. The molecule has 0 bridgehead atoms. The van der Waals surface area contributed by atoms with Crippen LogP contribution in [0.4, 0.5) is 0 Å². The van der Waals surface area contributed by atoms with Crippen LogP contribution in [0.25, 0.3) is 0 Å². The molecule has 0 saturated carbocycles. The molecule has 1 nitrogen and oxygen atoms in total. The predicted octanol–water partition coefficient (Wildman–Crippen LogP) is 4.89. The first-order valence-corrected chi connectivity index (χ1v) is 7.44. The third-order valence-corrected chi connectivity index (χ3v) is 4.83. The maximum Gasteiger partial charge on any atom is 0.0925 e. The summed E-state index contributed by atoms with van der Waals surface area (Å²) in [5.41, 5.74) is 2.08. The number of rotatable bonds is 4. The number of hydrogen-bond donors (Lipinski definition) is 1. The van der Waals surface area contributed by atoms with Gasteiger partial charge in [0.1, 0.15) is 0 Å². The van der Waals surface area contributed by atoms with Crippen molar-refractivity contribution in [2.24, 2.45) is 0 Å².